The Balaban J connectivity index is 2.35. The molecule has 0 aromatic heterocycles. The van der Waals surface area contributed by atoms with E-state index in [0.717, 1.165) is 31.6 Å². The van der Waals surface area contributed by atoms with Gasteiger partial charge in [-0.05, 0) is 43.9 Å². The minimum atomic E-state index is -0.491. The Hall–Kier alpha value is -1.06. The number of aliphatic hydroxyl groups is 1. The molecule has 3 nitrogen and oxygen atoms in total. The van der Waals surface area contributed by atoms with Crippen LogP contribution >= 0.6 is 0 Å². The number of aryl methyl sites for hydroxylation is 1. The Labute approximate surface area is 116 Å². The monoisotopic (exact) mass is 265 g/mol. The highest BCUT2D eigenvalue weighted by atomic mass is 16.5. The standard InChI is InChI=1S/C16H27NO2/c1-3-4-5-12-19-15-8-6-14(7-9-15)10-11-16(2,17)13-18/h6-9,18H,3-5,10-13,17H2,1-2H3/t16-/m1/s1. The summed E-state index contributed by atoms with van der Waals surface area (Å²) in [6.07, 6.45) is 5.20. The molecule has 0 radical (unpaired) electrons. The zero-order chi connectivity index (χ0) is 14.1. The maximum absolute atomic E-state index is 9.11. The van der Waals surface area contributed by atoms with Crippen molar-refractivity contribution in [3.05, 3.63) is 29.8 Å². The third-order valence-corrected chi connectivity index (χ3v) is 3.29. The van der Waals surface area contributed by atoms with Crippen LogP contribution in [0.4, 0.5) is 0 Å². The van der Waals surface area contributed by atoms with Gasteiger partial charge in [0.2, 0.25) is 0 Å². The molecule has 0 unspecified atom stereocenters. The molecule has 0 aliphatic rings. The average Bonchev–Trinajstić information content (AvgIpc) is 2.43. The van der Waals surface area contributed by atoms with Gasteiger partial charge >= 0.3 is 0 Å². The van der Waals surface area contributed by atoms with E-state index in [1.807, 2.05) is 19.1 Å². The van der Waals surface area contributed by atoms with Crippen molar-refractivity contribution in [2.24, 2.45) is 5.73 Å². The maximum atomic E-state index is 9.11. The van der Waals surface area contributed by atoms with Crippen LogP contribution in [0.25, 0.3) is 0 Å². The van der Waals surface area contributed by atoms with Gasteiger partial charge in [0.1, 0.15) is 5.75 Å². The first-order valence-corrected chi connectivity index (χ1v) is 7.19. The molecule has 3 N–H and O–H groups in total. The predicted octanol–water partition coefficient (Wildman–Crippen LogP) is 2.90. The van der Waals surface area contributed by atoms with E-state index in [1.165, 1.54) is 18.4 Å². The summed E-state index contributed by atoms with van der Waals surface area (Å²) in [7, 11) is 0. The third-order valence-electron chi connectivity index (χ3n) is 3.29. The van der Waals surface area contributed by atoms with Crippen LogP contribution < -0.4 is 10.5 Å². The third kappa shape index (κ3) is 6.60. The van der Waals surface area contributed by atoms with Gasteiger partial charge in [0.25, 0.3) is 0 Å². The van der Waals surface area contributed by atoms with Gasteiger partial charge in [0.15, 0.2) is 0 Å². The molecule has 19 heavy (non-hydrogen) atoms. The summed E-state index contributed by atoms with van der Waals surface area (Å²) in [5.41, 5.74) is 6.65. The Morgan fingerprint density at radius 2 is 1.89 bits per heavy atom. The summed E-state index contributed by atoms with van der Waals surface area (Å²) < 4.78 is 5.66. The van der Waals surface area contributed by atoms with Crippen LogP contribution in [-0.4, -0.2) is 23.9 Å². The minimum absolute atomic E-state index is 0.0195. The molecule has 0 aliphatic carbocycles. The van der Waals surface area contributed by atoms with Gasteiger partial charge in [-0.25, -0.2) is 0 Å². The largest absolute Gasteiger partial charge is 0.494 e. The zero-order valence-corrected chi connectivity index (χ0v) is 12.2. The van der Waals surface area contributed by atoms with Crippen LogP contribution in [0.2, 0.25) is 0 Å². The van der Waals surface area contributed by atoms with Gasteiger partial charge in [0, 0.05) is 5.54 Å². The number of unbranched alkanes of at least 4 members (excludes halogenated alkanes) is 2. The van der Waals surface area contributed by atoms with Crippen LogP contribution in [0.3, 0.4) is 0 Å². The fourth-order valence-electron chi connectivity index (χ4n) is 1.80. The lowest BCUT2D eigenvalue weighted by Crippen LogP contribution is -2.40. The molecule has 3 heteroatoms. The number of ether oxygens (including phenoxy) is 1. The summed E-state index contributed by atoms with van der Waals surface area (Å²) in [6.45, 7) is 4.87. The lowest BCUT2D eigenvalue weighted by atomic mass is 9.95. The number of benzene rings is 1. The molecule has 0 spiro atoms. The fourth-order valence-corrected chi connectivity index (χ4v) is 1.80. The second-order valence-electron chi connectivity index (χ2n) is 5.51. The zero-order valence-electron chi connectivity index (χ0n) is 12.2. The Morgan fingerprint density at radius 1 is 1.21 bits per heavy atom. The van der Waals surface area contributed by atoms with Gasteiger partial charge < -0.3 is 15.6 Å². The molecule has 0 saturated heterocycles. The molecule has 0 bridgehead atoms. The summed E-state index contributed by atoms with van der Waals surface area (Å²) >= 11 is 0. The molecule has 0 aliphatic heterocycles. The van der Waals surface area contributed by atoms with E-state index in [2.05, 4.69) is 19.1 Å². The van der Waals surface area contributed by atoms with E-state index >= 15 is 0 Å². The summed E-state index contributed by atoms with van der Waals surface area (Å²) in [5.74, 6) is 0.928. The molecule has 0 heterocycles. The van der Waals surface area contributed by atoms with Crippen molar-refractivity contribution < 1.29 is 9.84 Å². The number of hydrogen-bond donors (Lipinski definition) is 2. The van der Waals surface area contributed by atoms with Gasteiger partial charge in [0.05, 0.1) is 13.2 Å². The molecular formula is C16H27NO2. The SMILES string of the molecule is CCCCCOc1ccc(CC[C@@](C)(N)CO)cc1. The highest BCUT2D eigenvalue weighted by Gasteiger charge is 2.16. The lowest BCUT2D eigenvalue weighted by molar-refractivity contribution is 0.200. The van der Waals surface area contributed by atoms with Crippen molar-refractivity contribution in [3.63, 3.8) is 0 Å². The van der Waals surface area contributed by atoms with Gasteiger partial charge in [-0.15, -0.1) is 0 Å². The highest BCUT2D eigenvalue weighted by molar-refractivity contribution is 5.27. The van der Waals surface area contributed by atoms with Crippen molar-refractivity contribution >= 4 is 0 Å². The molecule has 1 atom stereocenters. The van der Waals surface area contributed by atoms with Gasteiger partial charge in [-0.2, -0.15) is 0 Å². The number of rotatable bonds is 9. The van der Waals surface area contributed by atoms with Gasteiger partial charge in [-0.3, -0.25) is 0 Å². The first-order chi connectivity index (χ1) is 9.07. The van der Waals surface area contributed by atoms with Crippen molar-refractivity contribution in [3.8, 4) is 5.75 Å². The van der Waals surface area contributed by atoms with E-state index in [-0.39, 0.29) is 6.61 Å². The minimum Gasteiger partial charge on any atom is -0.494 e. The molecule has 108 valence electrons. The van der Waals surface area contributed by atoms with Crippen LogP contribution in [-0.2, 0) is 6.42 Å². The summed E-state index contributed by atoms with van der Waals surface area (Å²) in [5, 5.41) is 9.11. The van der Waals surface area contributed by atoms with Crippen molar-refractivity contribution in [1.29, 1.82) is 0 Å². The van der Waals surface area contributed by atoms with Crippen LogP contribution in [0.5, 0.6) is 5.75 Å². The second-order valence-corrected chi connectivity index (χ2v) is 5.51. The van der Waals surface area contributed by atoms with Gasteiger partial charge in [-0.1, -0.05) is 31.9 Å². The number of aliphatic hydroxyl groups excluding tert-OH is 1. The maximum Gasteiger partial charge on any atom is 0.119 e. The lowest BCUT2D eigenvalue weighted by Gasteiger charge is -2.21. The topological polar surface area (TPSA) is 55.5 Å². The molecule has 0 saturated carbocycles. The quantitative estimate of drug-likeness (QED) is 0.675. The van der Waals surface area contributed by atoms with Crippen molar-refractivity contribution in [1.82, 2.24) is 0 Å². The molecular weight excluding hydrogens is 238 g/mol. The fraction of sp³-hybridized carbons (Fsp3) is 0.625. The number of nitrogens with two attached hydrogens (primary N) is 1. The first-order valence-electron chi connectivity index (χ1n) is 7.19. The highest BCUT2D eigenvalue weighted by Crippen LogP contribution is 2.16. The smallest absolute Gasteiger partial charge is 0.119 e. The van der Waals surface area contributed by atoms with E-state index in [1.54, 1.807) is 0 Å². The second kappa shape index (κ2) is 8.18. The van der Waals surface area contributed by atoms with Crippen LogP contribution in [0.1, 0.15) is 45.1 Å². The Bertz CT molecular complexity index is 346. The van der Waals surface area contributed by atoms with Crippen LogP contribution in [0, 0.1) is 0 Å². The first kappa shape index (κ1) is 16.0. The summed E-state index contributed by atoms with van der Waals surface area (Å²) in [6, 6.07) is 8.16. The van der Waals surface area contributed by atoms with E-state index in [0.29, 0.717) is 0 Å². The number of hydrogen-bond acceptors (Lipinski definition) is 3. The Morgan fingerprint density at radius 3 is 2.47 bits per heavy atom. The molecule has 0 amide bonds. The average molecular weight is 265 g/mol. The molecule has 1 aromatic rings. The molecule has 1 aromatic carbocycles. The molecule has 0 fully saturated rings. The van der Waals surface area contributed by atoms with E-state index in [4.69, 9.17) is 15.6 Å². The van der Waals surface area contributed by atoms with E-state index in [9.17, 15) is 0 Å². The van der Waals surface area contributed by atoms with E-state index < -0.39 is 5.54 Å². The normalized spacial score (nSPS) is 14.1. The van der Waals surface area contributed by atoms with Crippen molar-refractivity contribution in [2.45, 2.75) is 51.5 Å². The summed E-state index contributed by atoms with van der Waals surface area (Å²) in [4.78, 5) is 0. The predicted molar refractivity (Wildman–Crippen MR) is 79.5 cm³/mol. The Kier molecular flexibility index (Phi) is 6.89. The van der Waals surface area contributed by atoms with Crippen molar-refractivity contribution in [2.75, 3.05) is 13.2 Å². The van der Waals surface area contributed by atoms with Crippen LogP contribution in [0.15, 0.2) is 24.3 Å². The molecule has 1 rings (SSSR count).